The molecule has 1 aliphatic carbocycles. The van der Waals surface area contributed by atoms with Crippen LogP contribution >= 0.6 is 0 Å². The fraction of sp³-hybridized carbons (Fsp3) is 0.222. The Morgan fingerprint density at radius 2 is 1.79 bits per heavy atom. The van der Waals surface area contributed by atoms with E-state index >= 15 is 0 Å². The number of fused-ring (bicyclic) bond motifs is 1. The minimum atomic E-state index is -0.136. The van der Waals surface area contributed by atoms with Gasteiger partial charge in [-0.15, -0.1) is 0 Å². The second-order valence-corrected chi connectivity index (χ2v) is 5.06. The smallest absolute Gasteiger partial charge is 0.123 e. The number of hydrogen-bond acceptors (Lipinski definition) is 0. The molecule has 0 radical (unpaired) electrons. The summed E-state index contributed by atoms with van der Waals surface area (Å²) in [6, 6.07) is 13.8. The lowest BCUT2D eigenvalue weighted by Gasteiger charge is -2.17. The minimum Gasteiger partial charge on any atom is -0.207 e. The summed E-state index contributed by atoms with van der Waals surface area (Å²) in [5, 5.41) is 0. The van der Waals surface area contributed by atoms with E-state index in [2.05, 4.69) is 37.3 Å². The van der Waals surface area contributed by atoms with Crippen molar-refractivity contribution < 1.29 is 4.39 Å². The standard InChI is InChI=1S/C18H17F/c1-2-13-3-5-14(6-4-13)15-7-8-17-12-18(19)10-9-16(17)11-15/h3-6,9-12H,2,7-8H2,1H3. The van der Waals surface area contributed by atoms with Crippen LogP contribution in [0.4, 0.5) is 4.39 Å². The first-order valence-corrected chi connectivity index (χ1v) is 6.84. The van der Waals surface area contributed by atoms with Gasteiger partial charge < -0.3 is 0 Å². The lowest BCUT2D eigenvalue weighted by atomic mass is 9.88. The fourth-order valence-corrected chi connectivity index (χ4v) is 2.64. The summed E-state index contributed by atoms with van der Waals surface area (Å²) >= 11 is 0. The second kappa shape index (κ2) is 5.00. The summed E-state index contributed by atoms with van der Waals surface area (Å²) in [5.74, 6) is -0.136. The molecule has 3 rings (SSSR count). The zero-order valence-electron chi connectivity index (χ0n) is 11.1. The van der Waals surface area contributed by atoms with Gasteiger partial charge in [0.25, 0.3) is 0 Å². The Morgan fingerprint density at radius 1 is 1.00 bits per heavy atom. The maximum Gasteiger partial charge on any atom is 0.123 e. The first kappa shape index (κ1) is 12.2. The van der Waals surface area contributed by atoms with Gasteiger partial charge in [0.05, 0.1) is 0 Å². The Labute approximate surface area is 113 Å². The Hall–Kier alpha value is -1.89. The molecule has 0 heterocycles. The van der Waals surface area contributed by atoms with Gasteiger partial charge in [-0.1, -0.05) is 43.3 Å². The molecule has 0 saturated heterocycles. The van der Waals surface area contributed by atoms with Crippen LogP contribution in [0.25, 0.3) is 11.6 Å². The Kier molecular flexibility index (Phi) is 3.20. The number of rotatable bonds is 2. The van der Waals surface area contributed by atoms with Gasteiger partial charge in [0.2, 0.25) is 0 Å². The molecule has 96 valence electrons. The third kappa shape index (κ3) is 2.46. The van der Waals surface area contributed by atoms with Gasteiger partial charge in [0, 0.05) is 0 Å². The number of benzene rings is 2. The Morgan fingerprint density at radius 3 is 2.53 bits per heavy atom. The zero-order valence-corrected chi connectivity index (χ0v) is 11.1. The number of hydrogen-bond donors (Lipinski definition) is 0. The van der Waals surface area contributed by atoms with E-state index in [-0.39, 0.29) is 5.82 Å². The molecule has 0 aromatic heterocycles. The van der Waals surface area contributed by atoms with Crippen molar-refractivity contribution in [3.05, 3.63) is 70.5 Å². The number of aryl methyl sites for hydroxylation is 2. The molecule has 2 aromatic rings. The van der Waals surface area contributed by atoms with Crippen molar-refractivity contribution in [1.82, 2.24) is 0 Å². The maximum atomic E-state index is 13.2. The first-order valence-electron chi connectivity index (χ1n) is 6.84. The predicted molar refractivity (Wildman–Crippen MR) is 78.4 cm³/mol. The van der Waals surface area contributed by atoms with Crippen molar-refractivity contribution in [2.24, 2.45) is 0 Å². The van der Waals surface area contributed by atoms with Crippen molar-refractivity contribution >= 4 is 11.6 Å². The minimum absolute atomic E-state index is 0.136. The third-order valence-corrected chi connectivity index (χ3v) is 3.83. The van der Waals surface area contributed by atoms with Crippen LogP contribution in [0.2, 0.25) is 0 Å². The predicted octanol–water partition coefficient (Wildman–Crippen LogP) is 4.87. The molecule has 0 spiro atoms. The highest BCUT2D eigenvalue weighted by molar-refractivity contribution is 5.84. The molecule has 0 atom stereocenters. The average Bonchev–Trinajstić information content (AvgIpc) is 2.47. The maximum absolute atomic E-state index is 13.2. The van der Waals surface area contributed by atoms with Crippen LogP contribution in [-0.4, -0.2) is 0 Å². The molecular formula is C18H17F. The third-order valence-electron chi connectivity index (χ3n) is 3.83. The van der Waals surface area contributed by atoms with Crippen LogP contribution in [0, 0.1) is 5.82 Å². The van der Waals surface area contributed by atoms with Gasteiger partial charge in [0.15, 0.2) is 0 Å². The molecule has 1 heteroatoms. The van der Waals surface area contributed by atoms with Crippen molar-refractivity contribution in [3.8, 4) is 0 Å². The molecule has 0 aliphatic heterocycles. The van der Waals surface area contributed by atoms with Gasteiger partial charge in [-0.2, -0.15) is 0 Å². The van der Waals surface area contributed by atoms with E-state index in [0.29, 0.717) is 0 Å². The van der Waals surface area contributed by atoms with Gasteiger partial charge in [-0.3, -0.25) is 0 Å². The number of halogens is 1. The summed E-state index contributed by atoms with van der Waals surface area (Å²) in [4.78, 5) is 0. The highest BCUT2D eigenvalue weighted by atomic mass is 19.1. The quantitative estimate of drug-likeness (QED) is 0.715. The summed E-state index contributed by atoms with van der Waals surface area (Å²) in [5.41, 5.74) is 6.27. The van der Waals surface area contributed by atoms with Crippen molar-refractivity contribution in [3.63, 3.8) is 0 Å². The van der Waals surface area contributed by atoms with Gasteiger partial charge in [0.1, 0.15) is 5.82 Å². The summed E-state index contributed by atoms with van der Waals surface area (Å²) < 4.78 is 13.2. The molecule has 0 amide bonds. The summed E-state index contributed by atoms with van der Waals surface area (Å²) in [6.45, 7) is 2.17. The van der Waals surface area contributed by atoms with E-state index in [1.165, 1.54) is 16.7 Å². The highest BCUT2D eigenvalue weighted by Crippen LogP contribution is 2.30. The fourth-order valence-electron chi connectivity index (χ4n) is 2.64. The van der Waals surface area contributed by atoms with E-state index in [4.69, 9.17) is 0 Å². The molecule has 1 aliphatic rings. The van der Waals surface area contributed by atoms with Gasteiger partial charge >= 0.3 is 0 Å². The largest absolute Gasteiger partial charge is 0.207 e. The van der Waals surface area contributed by atoms with Gasteiger partial charge in [-0.25, -0.2) is 4.39 Å². The molecule has 2 aromatic carbocycles. The molecule has 19 heavy (non-hydrogen) atoms. The Balaban J connectivity index is 1.95. The molecule has 0 fully saturated rings. The average molecular weight is 252 g/mol. The van der Waals surface area contributed by atoms with Crippen LogP contribution < -0.4 is 0 Å². The SMILES string of the molecule is CCc1ccc(C2=Cc3ccc(F)cc3CC2)cc1. The van der Waals surface area contributed by atoms with E-state index in [1.807, 2.05) is 6.07 Å². The molecule has 0 saturated carbocycles. The zero-order chi connectivity index (χ0) is 13.2. The van der Waals surface area contributed by atoms with E-state index in [9.17, 15) is 4.39 Å². The van der Waals surface area contributed by atoms with E-state index in [1.54, 1.807) is 12.1 Å². The molecule has 0 nitrogen and oxygen atoms in total. The van der Waals surface area contributed by atoms with Crippen LogP contribution in [0.15, 0.2) is 42.5 Å². The van der Waals surface area contributed by atoms with Gasteiger partial charge in [-0.05, 0) is 59.2 Å². The van der Waals surface area contributed by atoms with Crippen molar-refractivity contribution in [1.29, 1.82) is 0 Å². The van der Waals surface area contributed by atoms with Crippen LogP contribution in [0.1, 0.15) is 35.6 Å². The van der Waals surface area contributed by atoms with E-state index < -0.39 is 0 Å². The van der Waals surface area contributed by atoms with Crippen molar-refractivity contribution in [2.75, 3.05) is 0 Å². The van der Waals surface area contributed by atoms with Crippen molar-refractivity contribution in [2.45, 2.75) is 26.2 Å². The lowest BCUT2D eigenvalue weighted by Crippen LogP contribution is -1.99. The highest BCUT2D eigenvalue weighted by Gasteiger charge is 2.12. The molecule has 0 N–H and O–H groups in total. The van der Waals surface area contributed by atoms with Crippen LogP contribution in [-0.2, 0) is 12.8 Å². The topological polar surface area (TPSA) is 0 Å². The van der Waals surface area contributed by atoms with E-state index in [0.717, 1.165) is 30.4 Å². The summed E-state index contributed by atoms with van der Waals surface area (Å²) in [6.07, 6.45) is 5.18. The first-order chi connectivity index (χ1) is 9.26. The monoisotopic (exact) mass is 252 g/mol. The van der Waals surface area contributed by atoms with Crippen LogP contribution in [0.5, 0.6) is 0 Å². The van der Waals surface area contributed by atoms with Crippen LogP contribution in [0.3, 0.4) is 0 Å². The normalized spacial score (nSPS) is 13.9. The number of allylic oxidation sites excluding steroid dienone is 1. The lowest BCUT2D eigenvalue weighted by molar-refractivity contribution is 0.625. The molecule has 0 bridgehead atoms. The molecular weight excluding hydrogens is 235 g/mol. The summed E-state index contributed by atoms with van der Waals surface area (Å²) in [7, 11) is 0. The Bertz CT molecular complexity index is 621. The second-order valence-electron chi connectivity index (χ2n) is 5.06. The molecule has 0 unspecified atom stereocenters.